The third-order valence-corrected chi connectivity index (χ3v) is 11.8. The maximum Gasteiger partial charge on any atom is 0.112 e. The molecule has 6 heterocycles. The molecule has 1 unspecified atom stereocenters. The third-order valence-electron chi connectivity index (χ3n) is 11.8. The number of hydrogen-bond acceptors (Lipinski definition) is 4. The molecule has 41 heavy (non-hydrogen) atoms. The average Bonchev–Trinajstić information content (AvgIpc) is 3.59. The molecular formula is C36H48N4O. The van der Waals surface area contributed by atoms with Crippen molar-refractivity contribution in [2.75, 3.05) is 26.2 Å². The summed E-state index contributed by atoms with van der Waals surface area (Å²) >= 11 is 0. The van der Waals surface area contributed by atoms with Crippen molar-refractivity contribution in [2.45, 2.75) is 107 Å². The first kappa shape index (κ1) is 26.4. The van der Waals surface area contributed by atoms with Crippen LogP contribution in [0.5, 0.6) is 0 Å². The number of aromatic nitrogens is 2. The fraction of sp³-hybridized carbons (Fsp3) is 0.639. The molecular weight excluding hydrogens is 504 g/mol. The van der Waals surface area contributed by atoms with E-state index in [1.54, 1.807) is 0 Å². The van der Waals surface area contributed by atoms with Gasteiger partial charge in [-0.2, -0.15) is 0 Å². The van der Waals surface area contributed by atoms with E-state index < -0.39 is 0 Å². The Morgan fingerprint density at radius 1 is 0.854 bits per heavy atom. The van der Waals surface area contributed by atoms with Crippen LogP contribution >= 0.6 is 0 Å². The van der Waals surface area contributed by atoms with Crippen LogP contribution in [0.15, 0.2) is 48.7 Å². The van der Waals surface area contributed by atoms with E-state index in [-0.39, 0.29) is 17.1 Å². The molecule has 2 aromatic heterocycles. The van der Waals surface area contributed by atoms with Gasteiger partial charge in [0.15, 0.2) is 0 Å². The Balaban J connectivity index is 1.30. The molecule has 218 valence electrons. The number of ether oxygens (including phenoxy) is 1. The molecule has 8 rings (SSSR count). The number of nitrogens with zero attached hydrogens (tertiary/aromatic N) is 2. The van der Waals surface area contributed by atoms with Crippen molar-refractivity contribution < 1.29 is 4.74 Å². The first-order valence-electron chi connectivity index (χ1n) is 16.9. The van der Waals surface area contributed by atoms with Crippen molar-refractivity contribution >= 4 is 21.8 Å². The summed E-state index contributed by atoms with van der Waals surface area (Å²) in [6.07, 6.45) is 24.1. The fourth-order valence-electron chi connectivity index (χ4n) is 9.95. The van der Waals surface area contributed by atoms with Crippen LogP contribution in [0.1, 0.15) is 95.1 Å². The first-order chi connectivity index (χ1) is 20.3. The van der Waals surface area contributed by atoms with E-state index in [4.69, 9.17) is 9.72 Å². The van der Waals surface area contributed by atoms with Crippen LogP contribution in [0.2, 0.25) is 0 Å². The van der Waals surface area contributed by atoms with Crippen LogP contribution < -0.4 is 5.32 Å². The van der Waals surface area contributed by atoms with Crippen LogP contribution in [0, 0.1) is 11.3 Å². The maximum absolute atomic E-state index is 7.21. The number of fused-ring (bicyclic) bond motifs is 4. The van der Waals surface area contributed by atoms with Crippen molar-refractivity contribution in [1.82, 2.24) is 20.2 Å². The Morgan fingerprint density at radius 3 is 2.71 bits per heavy atom. The Hall–Kier alpha value is -2.21. The lowest BCUT2D eigenvalue weighted by Crippen LogP contribution is -2.68. The monoisotopic (exact) mass is 552 g/mol. The molecule has 1 aromatic carbocycles. The summed E-state index contributed by atoms with van der Waals surface area (Å²) in [5, 5.41) is 6.91. The van der Waals surface area contributed by atoms with Crippen LogP contribution in [-0.4, -0.2) is 58.8 Å². The molecule has 5 aliphatic rings. The molecule has 3 bridgehead atoms. The van der Waals surface area contributed by atoms with Gasteiger partial charge in [-0.3, -0.25) is 4.98 Å². The van der Waals surface area contributed by atoms with Gasteiger partial charge in [0.25, 0.3) is 0 Å². The second kappa shape index (κ2) is 10.8. The molecule has 2 N–H and O–H groups in total. The Kier molecular flexibility index (Phi) is 6.97. The van der Waals surface area contributed by atoms with Gasteiger partial charge in [-0.1, -0.05) is 62.5 Å². The van der Waals surface area contributed by atoms with Gasteiger partial charge in [0.1, 0.15) is 5.60 Å². The third kappa shape index (κ3) is 4.41. The van der Waals surface area contributed by atoms with Gasteiger partial charge in [-0.25, -0.2) is 0 Å². The summed E-state index contributed by atoms with van der Waals surface area (Å²) in [5.74, 6) is 0.925. The quantitative estimate of drug-likeness (QED) is 0.243. The zero-order chi connectivity index (χ0) is 27.3. The van der Waals surface area contributed by atoms with Gasteiger partial charge in [0, 0.05) is 46.4 Å². The lowest BCUT2D eigenvalue weighted by molar-refractivity contribution is -0.0595. The molecule has 4 fully saturated rings. The van der Waals surface area contributed by atoms with E-state index in [1.807, 2.05) is 0 Å². The second-order valence-electron chi connectivity index (χ2n) is 14.0. The van der Waals surface area contributed by atoms with Gasteiger partial charge < -0.3 is 19.9 Å². The number of aromatic amines is 1. The maximum atomic E-state index is 7.21. The van der Waals surface area contributed by atoms with Gasteiger partial charge >= 0.3 is 0 Å². The van der Waals surface area contributed by atoms with Crippen molar-refractivity contribution in [1.29, 1.82) is 0 Å². The molecule has 5 heteroatoms. The summed E-state index contributed by atoms with van der Waals surface area (Å²) in [6, 6.07) is 11.4. The standard InChI is InChI=1S/C36H48N4O/c1-3-7-13-21-38-34-35(19-11-5-1)25-40-23-14-8-4-2-6-12-20-36(34)33(41-36)30(28(35)18-24-40)32-31-27(17-22-37-32)26-15-9-10-16-29(26)39-31/h2,6,9-10,15-17,22,28,30,33-34,38-39H,1,3-5,7-8,11-14,18-21,23-25H2/b6-2-/t28-,30+,33-,34+,35-,36-/m0/s1. The van der Waals surface area contributed by atoms with Crippen LogP contribution in [0.4, 0.5) is 0 Å². The van der Waals surface area contributed by atoms with E-state index >= 15 is 0 Å². The highest BCUT2D eigenvalue weighted by atomic mass is 16.6. The molecule has 3 saturated heterocycles. The molecule has 1 saturated carbocycles. The number of piperidine rings is 1. The predicted octanol–water partition coefficient (Wildman–Crippen LogP) is 7.48. The number of benzene rings is 1. The van der Waals surface area contributed by atoms with Crippen molar-refractivity contribution in [3.8, 4) is 0 Å². The second-order valence-corrected chi connectivity index (χ2v) is 14.0. The molecule has 4 aliphatic heterocycles. The molecule has 0 amide bonds. The van der Waals surface area contributed by atoms with Crippen molar-refractivity contribution in [3.63, 3.8) is 0 Å². The number of pyridine rings is 1. The number of epoxide rings is 1. The normalized spacial score (nSPS) is 39.0. The van der Waals surface area contributed by atoms with E-state index in [0.717, 1.165) is 19.4 Å². The van der Waals surface area contributed by atoms with E-state index in [2.05, 4.69) is 63.9 Å². The lowest BCUT2D eigenvalue weighted by atomic mass is 9.50. The molecule has 0 radical (unpaired) electrons. The Bertz CT molecular complexity index is 1410. The zero-order valence-corrected chi connectivity index (χ0v) is 24.8. The minimum absolute atomic E-state index is 0.0908. The lowest BCUT2D eigenvalue weighted by Gasteiger charge is -2.59. The summed E-state index contributed by atoms with van der Waals surface area (Å²) in [5.41, 5.74) is 3.87. The SMILES string of the molecule is C1=C\CC[C@]23O[C@H]2[C@@H](c2nccc4c2[nH]c2ccccc24)[C@@H]2CCN(CCCC/1)C[C@@]21CCCCCCCCN[C@H]13. The topological polar surface area (TPSA) is 56.5 Å². The number of rotatable bonds is 1. The van der Waals surface area contributed by atoms with E-state index in [1.165, 1.54) is 118 Å². The Morgan fingerprint density at radius 2 is 1.73 bits per heavy atom. The van der Waals surface area contributed by atoms with Gasteiger partial charge in [-0.15, -0.1) is 0 Å². The van der Waals surface area contributed by atoms with E-state index in [9.17, 15) is 0 Å². The summed E-state index contributed by atoms with van der Waals surface area (Å²) in [4.78, 5) is 12.0. The number of H-pyrrole nitrogens is 1. The molecule has 2 spiro atoms. The highest BCUT2D eigenvalue weighted by molar-refractivity contribution is 6.07. The molecule has 7 atom stereocenters. The first-order valence-corrected chi connectivity index (χ1v) is 16.9. The smallest absolute Gasteiger partial charge is 0.112 e. The number of hydrogen-bond donors (Lipinski definition) is 2. The van der Waals surface area contributed by atoms with Crippen molar-refractivity contribution in [3.05, 3.63) is 54.4 Å². The largest absolute Gasteiger partial charge is 0.364 e. The van der Waals surface area contributed by atoms with Crippen molar-refractivity contribution in [2.24, 2.45) is 11.3 Å². The summed E-state index contributed by atoms with van der Waals surface area (Å²) < 4.78 is 7.21. The van der Waals surface area contributed by atoms with Crippen LogP contribution in [0.3, 0.4) is 0 Å². The van der Waals surface area contributed by atoms with Crippen LogP contribution in [-0.2, 0) is 4.74 Å². The minimum atomic E-state index is -0.0908. The molecule has 3 aromatic rings. The molecule has 5 nitrogen and oxygen atoms in total. The highest BCUT2D eigenvalue weighted by Gasteiger charge is 2.75. The summed E-state index contributed by atoms with van der Waals surface area (Å²) in [6.45, 7) is 4.81. The number of allylic oxidation sites excluding steroid dienone is 2. The minimum Gasteiger partial charge on any atom is -0.364 e. The number of para-hydroxylation sites is 1. The zero-order valence-electron chi connectivity index (χ0n) is 24.8. The fourth-order valence-corrected chi connectivity index (χ4v) is 9.95. The number of nitrogens with one attached hydrogen (secondary N) is 2. The van der Waals surface area contributed by atoms with Crippen LogP contribution in [0.25, 0.3) is 21.8 Å². The van der Waals surface area contributed by atoms with Gasteiger partial charge in [-0.05, 0) is 89.1 Å². The van der Waals surface area contributed by atoms with E-state index in [0.29, 0.717) is 17.9 Å². The molecule has 1 aliphatic carbocycles. The highest BCUT2D eigenvalue weighted by Crippen LogP contribution is 2.67. The van der Waals surface area contributed by atoms with Gasteiger partial charge in [0.2, 0.25) is 0 Å². The predicted molar refractivity (Wildman–Crippen MR) is 167 cm³/mol. The summed E-state index contributed by atoms with van der Waals surface area (Å²) in [7, 11) is 0. The Labute approximate surface area is 245 Å². The van der Waals surface area contributed by atoms with Gasteiger partial charge in [0.05, 0.1) is 17.3 Å². The average molecular weight is 553 g/mol.